The van der Waals surface area contributed by atoms with Crippen LogP contribution < -0.4 is 4.90 Å². The van der Waals surface area contributed by atoms with Gasteiger partial charge < -0.3 is 15.5 Å². The molecule has 0 atom stereocenters. The van der Waals surface area contributed by atoms with Crippen molar-refractivity contribution in [2.45, 2.75) is 41.6 Å². The van der Waals surface area contributed by atoms with Crippen LogP contribution in [0.15, 0.2) is 136 Å². The zero-order valence-corrected chi connectivity index (χ0v) is 31.1. The monoisotopic (exact) mass is 782 g/mol. The van der Waals surface area contributed by atoms with E-state index in [4.69, 9.17) is 0 Å². The second-order valence-electron chi connectivity index (χ2n) is 11.9. The topological polar surface area (TPSA) is 220 Å². The first kappa shape index (κ1) is 40.8. The molecule has 280 valence electrons. The van der Waals surface area contributed by atoms with E-state index < -0.39 is 35.2 Å². The van der Waals surface area contributed by atoms with Gasteiger partial charge in [0, 0.05) is 48.1 Å². The molecule has 0 unspecified atom stereocenters. The third kappa shape index (κ3) is 9.94. The summed E-state index contributed by atoms with van der Waals surface area (Å²) < 4.78 is 103. The Hall–Kier alpha value is -4.94. The smallest absolute Gasteiger partial charge is 0.295 e. The van der Waals surface area contributed by atoms with Crippen molar-refractivity contribution in [1.29, 1.82) is 0 Å². The van der Waals surface area contributed by atoms with Crippen LogP contribution in [-0.4, -0.2) is 72.9 Å². The molecule has 4 aromatic carbocycles. The fourth-order valence-electron chi connectivity index (χ4n) is 5.91. The number of anilines is 1. The van der Waals surface area contributed by atoms with E-state index in [2.05, 4.69) is 0 Å². The first-order valence-electron chi connectivity index (χ1n) is 16.0. The Morgan fingerprint density at radius 1 is 0.679 bits per heavy atom. The molecule has 16 heteroatoms. The summed E-state index contributed by atoms with van der Waals surface area (Å²) in [4.78, 5) is 1.08. The Morgan fingerprint density at radius 3 is 1.77 bits per heavy atom. The maximum absolute atomic E-state index is 12.6. The standard InChI is InChI=1S/C37H36N2O10S3.H2O/c1-3-38(24-26-7-5-9-33(21-26)50(41,42)43)30-15-11-28(12-16-30)37(35-20-19-32(40)23-36(35)52(47,48)49)29-13-17-31(18-14-29)39(4-2)25-27-8-6-10-34(22-27)51(44,45)46;/h5-23H,3-4,24-25H2,1-2H3,(H3,41,42,43,44,45,46,47,48,49);1H2. The van der Waals surface area contributed by atoms with Crippen LogP contribution in [0.1, 0.15) is 36.1 Å². The number of phenolic OH excluding ortho intramolecular Hbond substituents is 1. The van der Waals surface area contributed by atoms with Gasteiger partial charge in [-0.3, -0.25) is 13.7 Å². The Morgan fingerprint density at radius 2 is 1.25 bits per heavy atom. The molecule has 0 heterocycles. The number of hydrogen-bond donors (Lipinski definition) is 4. The Bertz CT molecular complexity index is 2450. The number of allylic oxidation sites excluding steroid dienone is 5. The average Bonchev–Trinajstić information content (AvgIpc) is 3.10. The molecule has 53 heavy (non-hydrogen) atoms. The van der Waals surface area contributed by atoms with E-state index in [1.807, 2.05) is 47.6 Å². The molecule has 4 aromatic rings. The second-order valence-corrected chi connectivity index (χ2v) is 16.1. The van der Waals surface area contributed by atoms with Crippen LogP contribution >= 0.6 is 0 Å². The number of benzene rings is 4. The lowest BCUT2D eigenvalue weighted by atomic mass is 9.90. The maximum atomic E-state index is 12.6. The van der Waals surface area contributed by atoms with Crippen LogP contribution in [0, 0.1) is 0 Å². The highest BCUT2D eigenvalue weighted by Gasteiger charge is 2.23. The van der Waals surface area contributed by atoms with Crippen LogP contribution in [-0.2, 0) is 43.4 Å². The van der Waals surface area contributed by atoms with Crippen LogP contribution in [0.25, 0.3) is 5.57 Å². The van der Waals surface area contributed by atoms with Crippen molar-refractivity contribution in [2.24, 2.45) is 0 Å². The summed E-state index contributed by atoms with van der Waals surface area (Å²) in [5.74, 6) is -0.352. The molecule has 0 radical (unpaired) electrons. The lowest BCUT2D eigenvalue weighted by Crippen LogP contribution is -2.22. The molecule has 0 amide bonds. The Labute approximate surface area is 308 Å². The molecule has 0 aromatic heterocycles. The highest BCUT2D eigenvalue weighted by atomic mass is 32.2. The van der Waals surface area contributed by atoms with Crippen molar-refractivity contribution >= 4 is 47.3 Å². The van der Waals surface area contributed by atoms with Crippen molar-refractivity contribution in [2.75, 3.05) is 18.0 Å². The van der Waals surface area contributed by atoms with Gasteiger partial charge in [-0.05, 0) is 96.8 Å². The van der Waals surface area contributed by atoms with Gasteiger partial charge in [0.15, 0.2) is 12.3 Å². The summed E-state index contributed by atoms with van der Waals surface area (Å²) >= 11 is 0. The molecular formula is C37H38N2O11S3. The van der Waals surface area contributed by atoms with Gasteiger partial charge in [-0.1, -0.05) is 36.4 Å². The molecule has 5 rings (SSSR count). The Balaban J connectivity index is 0.00000627. The minimum atomic E-state index is -4.78. The van der Waals surface area contributed by atoms with Crippen LogP contribution in [0.5, 0.6) is 5.75 Å². The fourth-order valence-corrected chi connectivity index (χ4v) is 7.73. The minimum Gasteiger partial charge on any atom is -0.870 e. The average molecular weight is 783 g/mol. The van der Waals surface area contributed by atoms with Crippen LogP contribution in [0.2, 0.25) is 0 Å². The zero-order valence-electron chi connectivity index (χ0n) is 28.6. The number of nitrogens with zero attached hydrogens (tertiary/aromatic N) is 2. The van der Waals surface area contributed by atoms with Crippen molar-refractivity contribution in [3.63, 3.8) is 0 Å². The van der Waals surface area contributed by atoms with Gasteiger partial charge in [0.25, 0.3) is 30.4 Å². The highest BCUT2D eigenvalue weighted by Crippen LogP contribution is 2.36. The van der Waals surface area contributed by atoms with Gasteiger partial charge in [-0.25, -0.2) is 4.58 Å². The lowest BCUT2D eigenvalue weighted by molar-refractivity contribution is -0.539. The van der Waals surface area contributed by atoms with Crippen molar-refractivity contribution in [1.82, 2.24) is 0 Å². The first-order chi connectivity index (χ1) is 24.5. The molecular weight excluding hydrogens is 745 g/mol. The van der Waals surface area contributed by atoms with Crippen LogP contribution in [0.3, 0.4) is 0 Å². The van der Waals surface area contributed by atoms with E-state index in [1.165, 1.54) is 36.4 Å². The molecule has 0 spiro atoms. The van der Waals surface area contributed by atoms with E-state index >= 15 is 0 Å². The third-order valence-electron chi connectivity index (χ3n) is 8.46. The summed E-state index contributed by atoms with van der Waals surface area (Å²) in [6.07, 6.45) is 7.23. The largest absolute Gasteiger partial charge is 0.870 e. The van der Waals surface area contributed by atoms with Gasteiger partial charge >= 0.3 is 0 Å². The third-order valence-corrected chi connectivity index (χ3v) is 11.1. The maximum Gasteiger partial charge on any atom is 0.295 e. The van der Waals surface area contributed by atoms with Gasteiger partial charge in [-0.2, -0.15) is 25.3 Å². The van der Waals surface area contributed by atoms with Crippen molar-refractivity contribution in [3.05, 3.63) is 143 Å². The molecule has 0 bridgehead atoms. The van der Waals surface area contributed by atoms with E-state index in [0.29, 0.717) is 54.0 Å². The molecule has 13 nitrogen and oxygen atoms in total. The summed E-state index contributed by atoms with van der Waals surface area (Å²) in [5, 5.41) is 10.1. The number of phenols is 1. The first-order valence-corrected chi connectivity index (χ1v) is 20.3. The van der Waals surface area contributed by atoms with E-state index in [-0.39, 0.29) is 26.6 Å². The van der Waals surface area contributed by atoms with Gasteiger partial charge in [0.05, 0.1) is 9.79 Å². The Kier molecular flexibility index (Phi) is 12.6. The van der Waals surface area contributed by atoms with Gasteiger partial charge in [0.1, 0.15) is 17.2 Å². The molecule has 0 aliphatic heterocycles. The predicted octanol–water partition coefficient (Wildman–Crippen LogP) is 5.58. The number of aromatic hydroxyl groups is 1. The van der Waals surface area contributed by atoms with E-state index in [0.717, 1.165) is 17.5 Å². The number of hydrogen-bond acceptors (Lipinski definition) is 9. The normalized spacial score (nSPS) is 13.1. The molecule has 0 fully saturated rings. The highest BCUT2D eigenvalue weighted by molar-refractivity contribution is 7.86. The summed E-state index contributed by atoms with van der Waals surface area (Å²) in [6.45, 7) is 5.61. The summed E-state index contributed by atoms with van der Waals surface area (Å²) in [5.41, 5.74) is 4.62. The van der Waals surface area contributed by atoms with E-state index in [1.54, 1.807) is 48.6 Å². The quantitative estimate of drug-likeness (QED) is 0.102. The molecule has 5 N–H and O–H groups in total. The van der Waals surface area contributed by atoms with E-state index in [9.17, 15) is 44.0 Å². The fraction of sp³-hybridized carbons (Fsp3) is 0.162. The lowest BCUT2D eigenvalue weighted by Gasteiger charge is -2.24. The summed E-state index contributed by atoms with van der Waals surface area (Å²) in [7, 11) is -13.5. The number of rotatable bonds is 12. The van der Waals surface area contributed by atoms with Crippen LogP contribution in [0.4, 0.5) is 5.69 Å². The summed E-state index contributed by atoms with van der Waals surface area (Å²) in [6, 6.07) is 23.0. The second kappa shape index (κ2) is 16.4. The molecule has 0 saturated carbocycles. The molecule has 0 saturated heterocycles. The SMILES string of the molecule is CCN(Cc1cccc(S(=O)(=O)O)c1)c1ccc(C(=C2C=CC(=[N+](CC)Cc3cccc(S(=O)(=O)O)c3)C=C2)c2ccc(O)cc2S(=O)(=O)O)cc1.[OH-]. The zero-order chi connectivity index (χ0) is 37.8. The van der Waals surface area contributed by atoms with Crippen molar-refractivity contribution in [3.8, 4) is 5.75 Å². The van der Waals surface area contributed by atoms with Gasteiger partial charge in [-0.15, -0.1) is 0 Å². The van der Waals surface area contributed by atoms with Gasteiger partial charge in [0.2, 0.25) is 0 Å². The molecule has 1 aliphatic carbocycles. The predicted molar refractivity (Wildman–Crippen MR) is 199 cm³/mol. The van der Waals surface area contributed by atoms with Crippen molar-refractivity contribution < 1.29 is 54.1 Å². The molecule has 1 aliphatic rings. The minimum absolute atomic E-state index is 0.